The highest BCUT2D eigenvalue weighted by Gasteiger charge is 2.50. The number of hydrogen-bond donors (Lipinski definition) is 0. The molecule has 4 nitrogen and oxygen atoms in total. The second kappa shape index (κ2) is 8.55. The first-order valence-corrected chi connectivity index (χ1v) is 8.69. The van der Waals surface area contributed by atoms with Crippen molar-refractivity contribution in [2.24, 2.45) is 5.92 Å². The molecule has 0 radical (unpaired) electrons. The molecule has 1 saturated heterocycles. The summed E-state index contributed by atoms with van der Waals surface area (Å²) in [5.74, 6) is -0.271. The van der Waals surface area contributed by atoms with E-state index in [2.05, 4.69) is 19.1 Å². The third-order valence-corrected chi connectivity index (χ3v) is 4.42. The first-order valence-electron chi connectivity index (χ1n) is 8.31. The Morgan fingerprint density at radius 3 is 2.61 bits per heavy atom. The average Bonchev–Trinajstić information content (AvgIpc) is 3.27. The number of aryl methyl sites for hydroxylation is 1. The van der Waals surface area contributed by atoms with Gasteiger partial charge in [0.2, 0.25) is 5.79 Å². The lowest BCUT2D eigenvalue weighted by molar-refractivity contribution is -0.0455. The summed E-state index contributed by atoms with van der Waals surface area (Å²) in [5, 5.41) is 0.768. The Morgan fingerprint density at radius 1 is 1.35 bits per heavy atom. The lowest BCUT2D eigenvalue weighted by Crippen LogP contribution is -2.25. The fourth-order valence-corrected chi connectivity index (χ4v) is 2.86. The van der Waals surface area contributed by atoms with Gasteiger partial charge >= 0.3 is 6.16 Å². The molecule has 1 fully saturated rings. The fourth-order valence-electron chi connectivity index (χ4n) is 2.73. The van der Waals surface area contributed by atoms with E-state index in [0.717, 1.165) is 37.1 Å². The first-order chi connectivity index (χ1) is 11.1. The smallest absolute Gasteiger partial charge is 0.435 e. The minimum absolute atomic E-state index is 0.313. The van der Waals surface area contributed by atoms with Gasteiger partial charge in [0.05, 0.1) is 6.61 Å². The van der Waals surface area contributed by atoms with Crippen molar-refractivity contribution < 1.29 is 19.0 Å². The molecule has 0 amide bonds. The van der Waals surface area contributed by atoms with Gasteiger partial charge in [-0.3, -0.25) is 0 Å². The molecule has 0 N–H and O–H groups in total. The number of halogens is 1. The van der Waals surface area contributed by atoms with Crippen molar-refractivity contribution in [2.45, 2.75) is 51.7 Å². The SMILES string of the molecule is CCOC(=O)OC1(CC(CC)CCCc2ccc(Cl)cc2)CO1. The molecule has 1 heterocycles. The zero-order valence-electron chi connectivity index (χ0n) is 13.8. The quantitative estimate of drug-likeness (QED) is 0.470. The average molecular weight is 341 g/mol. The highest BCUT2D eigenvalue weighted by atomic mass is 35.5. The minimum Gasteiger partial charge on any atom is -0.435 e. The van der Waals surface area contributed by atoms with Crippen LogP contribution in [0.5, 0.6) is 0 Å². The topological polar surface area (TPSA) is 48.1 Å². The molecule has 2 unspecified atom stereocenters. The van der Waals surface area contributed by atoms with Gasteiger partial charge in [0, 0.05) is 11.4 Å². The number of carbonyl (C=O) groups is 1. The molecule has 0 spiro atoms. The van der Waals surface area contributed by atoms with Crippen molar-refractivity contribution in [1.29, 1.82) is 0 Å². The number of epoxide rings is 1. The highest BCUT2D eigenvalue weighted by molar-refractivity contribution is 6.30. The Labute approximate surface area is 143 Å². The molecule has 23 heavy (non-hydrogen) atoms. The van der Waals surface area contributed by atoms with Gasteiger partial charge in [-0.05, 0) is 49.8 Å². The summed E-state index contributed by atoms with van der Waals surface area (Å²) < 4.78 is 15.5. The van der Waals surface area contributed by atoms with Crippen molar-refractivity contribution in [3.63, 3.8) is 0 Å². The van der Waals surface area contributed by atoms with E-state index in [1.165, 1.54) is 5.56 Å². The lowest BCUT2D eigenvalue weighted by Gasteiger charge is -2.19. The lowest BCUT2D eigenvalue weighted by atomic mass is 9.92. The number of rotatable bonds is 9. The van der Waals surface area contributed by atoms with Crippen molar-refractivity contribution in [3.05, 3.63) is 34.9 Å². The number of ether oxygens (including phenoxy) is 3. The molecule has 1 aliphatic rings. The van der Waals surface area contributed by atoms with Crippen LogP contribution in [-0.2, 0) is 20.6 Å². The molecule has 128 valence electrons. The van der Waals surface area contributed by atoms with Crippen LogP contribution in [0, 0.1) is 5.92 Å². The van der Waals surface area contributed by atoms with Crippen LogP contribution in [0.4, 0.5) is 4.79 Å². The Kier molecular flexibility index (Phi) is 6.72. The molecule has 0 aromatic heterocycles. The van der Waals surface area contributed by atoms with E-state index in [1.807, 2.05) is 12.1 Å². The minimum atomic E-state index is -0.743. The second-order valence-electron chi connectivity index (χ2n) is 5.98. The third kappa shape index (κ3) is 6.04. The molecular formula is C18H25ClO4. The van der Waals surface area contributed by atoms with E-state index in [0.29, 0.717) is 19.1 Å². The zero-order chi connectivity index (χ0) is 16.7. The van der Waals surface area contributed by atoms with Crippen molar-refractivity contribution in [3.8, 4) is 0 Å². The maximum absolute atomic E-state index is 11.5. The van der Waals surface area contributed by atoms with Gasteiger partial charge < -0.3 is 14.2 Å². The van der Waals surface area contributed by atoms with Crippen molar-refractivity contribution in [1.82, 2.24) is 0 Å². The van der Waals surface area contributed by atoms with E-state index in [-0.39, 0.29) is 0 Å². The van der Waals surface area contributed by atoms with Crippen LogP contribution in [0.2, 0.25) is 5.02 Å². The monoisotopic (exact) mass is 340 g/mol. The van der Waals surface area contributed by atoms with Crippen LogP contribution in [0.1, 0.15) is 45.1 Å². The Bertz CT molecular complexity index is 496. The highest BCUT2D eigenvalue weighted by Crippen LogP contribution is 2.38. The molecule has 0 saturated carbocycles. The zero-order valence-corrected chi connectivity index (χ0v) is 14.6. The molecule has 0 aliphatic carbocycles. The molecule has 1 aliphatic heterocycles. The van der Waals surface area contributed by atoms with Crippen molar-refractivity contribution >= 4 is 17.8 Å². The van der Waals surface area contributed by atoms with Crippen LogP contribution in [-0.4, -0.2) is 25.2 Å². The van der Waals surface area contributed by atoms with E-state index in [4.69, 9.17) is 25.8 Å². The van der Waals surface area contributed by atoms with Crippen LogP contribution >= 0.6 is 11.6 Å². The summed E-state index contributed by atoms with van der Waals surface area (Å²) in [6, 6.07) is 7.99. The van der Waals surface area contributed by atoms with E-state index in [1.54, 1.807) is 6.92 Å². The van der Waals surface area contributed by atoms with Crippen molar-refractivity contribution in [2.75, 3.05) is 13.2 Å². The van der Waals surface area contributed by atoms with Gasteiger partial charge in [-0.25, -0.2) is 4.79 Å². The van der Waals surface area contributed by atoms with Crippen LogP contribution < -0.4 is 0 Å². The summed E-state index contributed by atoms with van der Waals surface area (Å²) in [6.07, 6.45) is 4.34. The normalized spacial score (nSPS) is 20.8. The maximum atomic E-state index is 11.5. The predicted molar refractivity (Wildman–Crippen MR) is 89.6 cm³/mol. The first kappa shape index (κ1) is 18.1. The molecule has 5 heteroatoms. The number of hydrogen-bond acceptors (Lipinski definition) is 4. The van der Waals surface area contributed by atoms with Gasteiger partial charge in [0.1, 0.15) is 6.61 Å². The molecular weight excluding hydrogens is 316 g/mol. The van der Waals surface area contributed by atoms with Gasteiger partial charge in [0.25, 0.3) is 0 Å². The van der Waals surface area contributed by atoms with Gasteiger partial charge in [-0.1, -0.05) is 37.1 Å². The standard InChI is InChI=1S/C18H25ClO4/c1-3-14(6-5-7-15-8-10-16(19)11-9-15)12-18(13-22-18)23-17(20)21-4-2/h8-11,14H,3-7,12-13H2,1-2H3. The predicted octanol–water partition coefficient (Wildman–Crippen LogP) is 4.98. The maximum Gasteiger partial charge on any atom is 0.510 e. The second-order valence-corrected chi connectivity index (χ2v) is 6.42. The van der Waals surface area contributed by atoms with Gasteiger partial charge in [-0.15, -0.1) is 0 Å². The molecule has 1 aromatic rings. The molecule has 0 bridgehead atoms. The van der Waals surface area contributed by atoms with E-state index < -0.39 is 11.9 Å². The number of carbonyl (C=O) groups excluding carboxylic acids is 1. The molecule has 1 aromatic carbocycles. The van der Waals surface area contributed by atoms with Crippen LogP contribution in [0.25, 0.3) is 0 Å². The summed E-state index contributed by atoms with van der Waals surface area (Å²) in [4.78, 5) is 11.5. The Hall–Kier alpha value is -1.26. The Balaban J connectivity index is 1.74. The van der Waals surface area contributed by atoms with E-state index in [9.17, 15) is 4.79 Å². The number of benzene rings is 1. The van der Waals surface area contributed by atoms with Crippen LogP contribution in [0.15, 0.2) is 24.3 Å². The fraction of sp³-hybridized carbons (Fsp3) is 0.611. The summed E-state index contributed by atoms with van der Waals surface area (Å²) in [5.41, 5.74) is 1.30. The summed E-state index contributed by atoms with van der Waals surface area (Å²) in [6.45, 7) is 4.70. The third-order valence-electron chi connectivity index (χ3n) is 4.17. The van der Waals surface area contributed by atoms with E-state index >= 15 is 0 Å². The largest absolute Gasteiger partial charge is 0.510 e. The summed E-state index contributed by atoms with van der Waals surface area (Å²) in [7, 11) is 0. The summed E-state index contributed by atoms with van der Waals surface area (Å²) >= 11 is 5.90. The molecule has 2 rings (SSSR count). The van der Waals surface area contributed by atoms with Crippen LogP contribution in [0.3, 0.4) is 0 Å². The Morgan fingerprint density at radius 2 is 2.04 bits per heavy atom. The molecule has 2 atom stereocenters. The van der Waals surface area contributed by atoms with Gasteiger partial charge in [0.15, 0.2) is 0 Å². The van der Waals surface area contributed by atoms with Gasteiger partial charge in [-0.2, -0.15) is 0 Å².